The first kappa shape index (κ1) is 17.6. The molecule has 2 aromatic rings. The number of anilines is 1. The van der Waals surface area contributed by atoms with Crippen LogP contribution in [0.3, 0.4) is 0 Å². The molecule has 2 saturated carbocycles. The lowest BCUT2D eigenvalue weighted by atomic mass is 9.77. The molecule has 3 aliphatic rings. The number of carbonyl (C=O) groups excluding carboxylic acids is 1. The van der Waals surface area contributed by atoms with Crippen LogP contribution in [0.15, 0.2) is 23.8 Å². The number of ether oxygens (including phenoxy) is 1. The number of hydrogen-bond acceptors (Lipinski definition) is 7. The Balaban J connectivity index is 1.28. The number of nitrogens with one attached hydrogen (secondary N) is 1. The molecule has 6 nitrogen and oxygen atoms in total. The fraction of sp³-hybridized carbons (Fsp3) is 0.632. The maximum atomic E-state index is 12.6. The van der Waals surface area contributed by atoms with Gasteiger partial charge in [0.2, 0.25) is 0 Å². The smallest absolute Gasteiger partial charge is 0.263 e. The van der Waals surface area contributed by atoms with Gasteiger partial charge in [-0.2, -0.15) is 0 Å². The van der Waals surface area contributed by atoms with E-state index in [2.05, 4.69) is 19.6 Å². The molecule has 2 aromatic heterocycles. The van der Waals surface area contributed by atoms with E-state index in [1.165, 1.54) is 24.4 Å². The average Bonchev–Trinajstić information content (AvgIpc) is 3.13. The van der Waals surface area contributed by atoms with E-state index in [9.17, 15) is 4.79 Å². The van der Waals surface area contributed by atoms with Gasteiger partial charge in [-0.1, -0.05) is 0 Å². The summed E-state index contributed by atoms with van der Waals surface area (Å²) in [6, 6.07) is 1.86. The van der Waals surface area contributed by atoms with Crippen LogP contribution < -0.4 is 10.2 Å². The lowest BCUT2D eigenvalue weighted by Crippen LogP contribution is -2.50. The van der Waals surface area contributed by atoms with Crippen LogP contribution in [0.1, 0.15) is 35.4 Å². The molecular formula is C19H24N4O2S2. The summed E-state index contributed by atoms with van der Waals surface area (Å²) in [5, 5.41) is 6.41. The summed E-state index contributed by atoms with van der Waals surface area (Å²) in [5.41, 5.74) is 0. The van der Waals surface area contributed by atoms with E-state index in [-0.39, 0.29) is 18.1 Å². The minimum Gasteiger partial charge on any atom is -0.376 e. The Morgan fingerprint density at radius 3 is 2.81 bits per heavy atom. The number of amides is 1. The quantitative estimate of drug-likeness (QED) is 0.802. The van der Waals surface area contributed by atoms with Crippen LogP contribution in [0.5, 0.6) is 0 Å². The molecule has 0 spiro atoms. The number of nitrogens with zero attached hydrogens (tertiary/aromatic N) is 3. The van der Waals surface area contributed by atoms with E-state index >= 15 is 0 Å². The van der Waals surface area contributed by atoms with Crippen molar-refractivity contribution in [2.75, 3.05) is 24.6 Å². The lowest BCUT2D eigenvalue weighted by Gasteiger charge is -2.38. The molecular weight excluding hydrogens is 380 g/mol. The van der Waals surface area contributed by atoms with Gasteiger partial charge in [-0.3, -0.25) is 4.79 Å². The summed E-state index contributed by atoms with van der Waals surface area (Å²) in [6.45, 7) is 2.92. The molecule has 1 amide bonds. The number of fused-ring (bicyclic) bond motifs is 1. The normalized spacial score (nSPS) is 30.3. The number of thiazole rings is 1. The summed E-state index contributed by atoms with van der Waals surface area (Å²) < 4.78 is 10.4. The molecule has 0 radical (unpaired) electrons. The Kier molecular flexibility index (Phi) is 4.87. The van der Waals surface area contributed by atoms with Crippen LogP contribution in [-0.2, 0) is 4.74 Å². The number of carbonyl (C=O) groups is 1. The third-order valence-electron chi connectivity index (χ3n) is 6.03. The standard InChI is InChI=1S/C19H24N4O2S2/c24-18(17-3-4-21-27-17)22-15-7-13-9-23(19-20-5-6-26-19)10-14(13)8-16(15)25-11-12-1-2-12/h3-6,12-16H,1-2,7-11H2,(H,22,24)/t13-,14+,15-,16-/m0/s1. The van der Waals surface area contributed by atoms with E-state index in [0.717, 1.165) is 43.6 Å². The summed E-state index contributed by atoms with van der Waals surface area (Å²) >= 11 is 2.96. The van der Waals surface area contributed by atoms with Gasteiger partial charge >= 0.3 is 0 Å². The molecule has 27 heavy (non-hydrogen) atoms. The highest BCUT2D eigenvalue weighted by Crippen LogP contribution is 2.40. The summed E-state index contributed by atoms with van der Waals surface area (Å²) in [6.07, 6.45) is 8.24. The molecule has 3 heterocycles. The zero-order chi connectivity index (χ0) is 18.2. The van der Waals surface area contributed by atoms with Gasteiger partial charge in [0.15, 0.2) is 5.13 Å². The second-order valence-electron chi connectivity index (χ2n) is 7.98. The molecule has 2 aliphatic carbocycles. The van der Waals surface area contributed by atoms with Crippen LogP contribution >= 0.6 is 22.9 Å². The van der Waals surface area contributed by atoms with Crippen molar-refractivity contribution < 1.29 is 9.53 Å². The van der Waals surface area contributed by atoms with Crippen LogP contribution in [0.4, 0.5) is 5.13 Å². The predicted molar refractivity (Wildman–Crippen MR) is 106 cm³/mol. The molecule has 8 heteroatoms. The van der Waals surface area contributed by atoms with E-state index in [1.54, 1.807) is 23.6 Å². The second kappa shape index (κ2) is 7.48. The van der Waals surface area contributed by atoms with E-state index in [4.69, 9.17) is 4.74 Å². The zero-order valence-electron chi connectivity index (χ0n) is 15.1. The van der Waals surface area contributed by atoms with Crippen molar-refractivity contribution >= 4 is 33.9 Å². The van der Waals surface area contributed by atoms with Crippen molar-refractivity contribution in [3.63, 3.8) is 0 Å². The van der Waals surface area contributed by atoms with Gasteiger partial charge in [-0.05, 0) is 61.0 Å². The third kappa shape index (κ3) is 3.88. The minimum absolute atomic E-state index is 0.0178. The van der Waals surface area contributed by atoms with E-state index in [1.807, 2.05) is 11.6 Å². The van der Waals surface area contributed by atoms with Crippen molar-refractivity contribution in [2.24, 2.45) is 17.8 Å². The number of hydrogen-bond donors (Lipinski definition) is 1. The second-order valence-corrected chi connectivity index (χ2v) is 9.69. The largest absolute Gasteiger partial charge is 0.376 e. The Morgan fingerprint density at radius 2 is 2.11 bits per heavy atom. The first-order valence-electron chi connectivity index (χ1n) is 9.74. The number of rotatable bonds is 6. The van der Waals surface area contributed by atoms with Crippen LogP contribution in [0.25, 0.3) is 0 Å². The fourth-order valence-corrected chi connectivity index (χ4v) is 5.56. The SMILES string of the molecule is O=C(N[C@H]1C[C@H]2CN(c3nccs3)C[C@H]2C[C@@H]1OCC1CC1)c1ccns1. The van der Waals surface area contributed by atoms with Crippen molar-refractivity contribution in [3.05, 3.63) is 28.7 Å². The molecule has 0 aromatic carbocycles. The highest BCUT2D eigenvalue weighted by Gasteiger charge is 2.44. The Labute approximate surface area is 167 Å². The fourth-order valence-electron chi connectivity index (χ4n) is 4.39. The minimum atomic E-state index is -0.0178. The Hall–Kier alpha value is -1.51. The lowest BCUT2D eigenvalue weighted by molar-refractivity contribution is -0.0211. The van der Waals surface area contributed by atoms with Crippen molar-refractivity contribution in [1.29, 1.82) is 0 Å². The van der Waals surface area contributed by atoms with Gasteiger partial charge in [0.1, 0.15) is 4.88 Å². The summed E-state index contributed by atoms with van der Waals surface area (Å²) in [4.78, 5) is 20.2. The van der Waals surface area contributed by atoms with Crippen molar-refractivity contribution in [1.82, 2.24) is 14.7 Å². The van der Waals surface area contributed by atoms with Gasteiger partial charge < -0.3 is 15.0 Å². The first-order valence-corrected chi connectivity index (χ1v) is 11.4. The van der Waals surface area contributed by atoms with Crippen LogP contribution in [0.2, 0.25) is 0 Å². The maximum absolute atomic E-state index is 12.6. The molecule has 144 valence electrons. The summed E-state index contributed by atoms with van der Waals surface area (Å²) in [7, 11) is 0. The first-order chi connectivity index (χ1) is 13.3. The topological polar surface area (TPSA) is 67.4 Å². The van der Waals surface area contributed by atoms with Gasteiger partial charge in [0, 0.05) is 37.5 Å². The zero-order valence-corrected chi connectivity index (χ0v) is 16.8. The third-order valence-corrected chi connectivity index (χ3v) is 7.61. The Bertz CT molecular complexity index is 763. The highest BCUT2D eigenvalue weighted by molar-refractivity contribution is 7.13. The monoisotopic (exact) mass is 404 g/mol. The summed E-state index contributed by atoms with van der Waals surface area (Å²) in [5.74, 6) is 1.92. The van der Waals surface area contributed by atoms with E-state index < -0.39 is 0 Å². The Morgan fingerprint density at radius 1 is 1.26 bits per heavy atom. The van der Waals surface area contributed by atoms with Crippen molar-refractivity contribution in [3.8, 4) is 0 Å². The van der Waals surface area contributed by atoms with Gasteiger partial charge in [0.25, 0.3) is 5.91 Å². The van der Waals surface area contributed by atoms with Gasteiger partial charge in [0.05, 0.1) is 12.1 Å². The molecule has 0 unspecified atom stereocenters. The molecule has 1 aliphatic heterocycles. The van der Waals surface area contributed by atoms with E-state index in [0.29, 0.717) is 16.7 Å². The molecule has 3 fully saturated rings. The molecule has 5 rings (SSSR count). The van der Waals surface area contributed by atoms with Crippen LogP contribution in [0, 0.1) is 17.8 Å². The van der Waals surface area contributed by atoms with Crippen LogP contribution in [-0.4, -0.2) is 47.1 Å². The molecule has 1 N–H and O–H groups in total. The molecule has 4 atom stereocenters. The highest BCUT2D eigenvalue weighted by atomic mass is 32.1. The molecule has 0 bridgehead atoms. The molecule has 1 saturated heterocycles. The predicted octanol–water partition coefficient (Wildman–Crippen LogP) is 3.04. The average molecular weight is 405 g/mol. The van der Waals surface area contributed by atoms with Gasteiger partial charge in [-0.15, -0.1) is 11.3 Å². The van der Waals surface area contributed by atoms with Crippen molar-refractivity contribution in [2.45, 2.75) is 37.8 Å². The number of aromatic nitrogens is 2. The van der Waals surface area contributed by atoms with Gasteiger partial charge in [-0.25, -0.2) is 9.36 Å². The maximum Gasteiger partial charge on any atom is 0.263 e.